The van der Waals surface area contributed by atoms with E-state index >= 15 is 0 Å². The highest BCUT2D eigenvalue weighted by Gasteiger charge is 2.54. The van der Waals surface area contributed by atoms with Crippen LogP contribution in [0.1, 0.15) is 57.4 Å². The van der Waals surface area contributed by atoms with E-state index < -0.39 is 11.1 Å². The lowest BCUT2D eigenvalue weighted by molar-refractivity contribution is 0.0265. The lowest BCUT2D eigenvalue weighted by Crippen LogP contribution is -2.49. The molecule has 48 heavy (non-hydrogen) atoms. The third kappa shape index (κ3) is 6.75. The van der Waals surface area contributed by atoms with Gasteiger partial charge in [0.15, 0.2) is 0 Å². The highest BCUT2D eigenvalue weighted by Crippen LogP contribution is 2.38. The molecule has 0 N–H and O–H groups in total. The van der Waals surface area contributed by atoms with E-state index in [0.717, 1.165) is 42.2 Å². The normalized spacial score (nSPS) is 22.7. The number of amides is 3. The number of ether oxygens (including phenoxy) is 2. The molecule has 3 amide bonds. The maximum absolute atomic E-state index is 14.1. The number of hydrogen-bond donors (Lipinski definition) is 0. The van der Waals surface area contributed by atoms with Gasteiger partial charge in [-0.05, 0) is 69.9 Å². The van der Waals surface area contributed by atoms with Crippen LogP contribution in [0.4, 0.5) is 15.3 Å². The predicted molar refractivity (Wildman–Crippen MR) is 187 cm³/mol. The Bertz CT molecular complexity index is 1700. The van der Waals surface area contributed by atoms with Crippen LogP contribution in [0, 0.1) is 6.92 Å². The van der Waals surface area contributed by atoms with Gasteiger partial charge in [-0.15, -0.1) is 0 Å². The number of carbonyl (C=O) groups excluding carboxylic acids is 2. The maximum atomic E-state index is 14.1. The number of methoxy groups -OCH3 is 1. The van der Waals surface area contributed by atoms with Crippen molar-refractivity contribution >= 4 is 17.8 Å². The highest BCUT2D eigenvalue weighted by molar-refractivity contribution is 5.79. The van der Waals surface area contributed by atoms with Crippen molar-refractivity contribution in [3.63, 3.8) is 0 Å². The second kappa shape index (κ2) is 12.9. The first-order chi connectivity index (χ1) is 22.8. The molecular weight excluding hydrogens is 606 g/mol. The summed E-state index contributed by atoms with van der Waals surface area (Å²) in [5, 5.41) is 0. The molecule has 6 rings (SSSR count). The van der Waals surface area contributed by atoms with Crippen LogP contribution in [-0.2, 0) is 23.2 Å². The Morgan fingerprint density at radius 3 is 2.29 bits per heavy atom. The number of rotatable bonds is 8. The number of likely N-dealkylation sites (tertiary alicyclic amines) is 1. The summed E-state index contributed by atoms with van der Waals surface area (Å²) >= 11 is 0. The van der Waals surface area contributed by atoms with E-state index in [0.29, 0.717) is 45.7 Å². The molecular formula is C38H49N5O5. The molecule has 4 heterocycles. The van der Waals surface area contributed by atoms with Crippen molar-refractivity contribution in [3.8, 4) is 5.75 Å². The molecule has 10 heteroatoms. The Kier molecular flexibility index (Phi) is 8.96. The van der Waals surface area contributed by atoms with E-state index in [1.807, 2.05) is 67.8 Å². The van der Waals surface area contributed by atoms with Gasteiger partial charge in [0.05, 0.1) is 12.6 Å². The van der Waals surface area contributed by atoms with Crippen molar-refractivity contribution in [1.29, 1.82) is 0 Å². The van der Waals surface area contributed by atoms with Gasteiger partial charge in [0, 0.05) is 75.2 Å². The third-order valence-electron chi connectivity index (χ3n) is 10.3. The van der Waals surface area contributed by atoms with Crippen LogP contribution in [0.2, 0.25) is 0 Å². The Balaban J connectivity index is 1.18. The second-order valence-corrected chi connectivity index (χ2v) is 15.0. The van der Waals surface area contributed by atoms with Gasteiger partial charge in [-0.3, -0.25) is 4.79 Å². The van der Waals surface area contributed by atoms with E-state index in [4.69, 9.17) is 9.47 Å². The minimum atomic E-state index is -0.607. The zero-order valence-corrected chi connectivity index (χ0v) is 29.2. The first kappa shape index (κ1) is 33.4. The molecule has 256 valence electrons. The Hall–Kier alpha value is -4.47. The van der Waals surface area contributed by atoms with Crippen LogP contribution in [0.25, 0.3) is 0 Å². The van der Waals surface area contributed by atoms with Gasteiger partial charge < -0.3 is 33.6 Å². The Morgan fingerprint density at radius 2 is 1.62 bits per heavy atom. The summed E-state index contributed by atoms with van der Waals surface area (Å²) in [6.07, 6.45) is 1.31. The number of aryl methyl sites for hydroxylation is 1. The summed E-state index contributed by atoms with van der Waals surface area (Å²) in [4.78, 5) is 48.5. The first-order valence-corrected chi connectivity index (χ1v) is 17.0. The number of benzene rings is 2. The van der Waals surface area contributed by atoms with E-state index in [9.17, 15) is 14.4 Å². The SMILES string of the molecule is COc1ccc(CN2C(=O)N(CCn3c(C)cc(N4CCC(C)(c5ccccc5)C4)cc3=O)CC23CCN(C(=O)OC(C)(C)C)C3)cc1. The number of aromatic nitrogens is 1. The van der Waals surface area contributed by atoms with Gasteiger partial charge in [-0.2, -0.15) is 0 Å². The summed E-state index contributed by atoms with van der Waals surface area (Å²) in [5.41, 5.74) is 2.93. The predicted octanol–water partition coefficient (Wildman–Crippen LogP) is 5.65. The van der Waals surface area contributed by atoms with Gasteiger partial charge in [0.1, 0.15) is 11.4 Å². The van der Waals surface area contributed by atoms with Crippen LogP contribution < -0.4 is 15.2 Å². The summed E-state index contributed by atoms with van der Waals surface area (Å²) < 4.78 is 12.8. The summed E-state index contributed by atoms with van der Waals surface area (Å²) in [7, 11) is 1.63. The van der Waals surface area contributed by atoms with Crippen molar-refractivity contribution in [2.45, 2.75) is 77.1 Å². The molecule has 3 fully saturated rings. The Morgan fingerprint density at radius 1 is 0.896 bits per heavy atom. The minimum absolute atomic E-state index is 0.0348. The topological polar surface area (TPSA) is 87.6 Å². The number of nitrogens with zero attached hydrogens (tertiary/aromatic N) is 5. The van der Waals surface area contributed by atoms with E-state index in [-0.39, 0.29) is 23.1 Å². The summed E-state index contributed by atoms with van der Waals surface area (Å²) in [6, 6.07) is 22.1. The molecule has 3 aliphatic heterocycles. The number of pyridine rings is 1. The quantitative estimate of drug-likeness (QED) is 0.312. The van der Waals surface area contributed by atoms with Crippen LogP contribution in [0.15, 0.2) is 71.5 Å². The molecule has 3 saturated heterocycles. The number of carbonyl (C=O) groups is 2. The first-order valence-electron chi connectivity index (χ1n) is 17.0. The van der Waals surface area contributed by atoms with Gasteiger partial charge in [-0.25, -0.2) is 9.59 Å². The average molecular weight is 656 g/mol. The molecule has 10 nitrogen and oxygen atoms in total. The van der Waals surface area contributed by atoms with Crippen molar-refractivity contribution in [2.24, 2.45) is 0 Å². The molecule has 2 aromatic carbocycles. The van der Waals surface area contributed by atoms with E-state index in [2.05, 4.69) is 42.2 Å². The van der Waals surface area contributed by atoms with Gasteiger partial charge in [0.2, 0.25) is 0 Å². The van der Waals surface area contributed by atoms with Gasteiger partial charge >= 0.3 is 12.1 Å². The van der Waals surface area contributed by atoms with E-state index in [1.54, 1.807) is 22.6 Å². The van der Waals surface area contributed by atoms with Crippen LogP contribution in [0.3, 0.4) is 0 Å². The largest absolute Gasteiger partial charge is 0.497 e. The van der Waals surface area contributed by atoms with Crippen molar-refractivity contribution < 1.29 is 19.1 Å². The lowest BCUT2D eigenvalue weighted by atomic mass is 9.82. The lowest BCUT2D eigenvalue weighted by Gasteiger charge is -2.33. The monoisotopic (exact) mass is 655 g/mol. The molecule has 1 spiro atoms. The third-order valence-corrected chi connectivity index (χ3v) is 10.3. The molecule has 1 aromatic heterocycles. The standard InChI is InChI=1S/C38H49N5O5/c1-28-22-31(39-18-16-37(5,25-39)30-10-8-7-9-11-30)23-33(44)42(28)21-20-40-26-38(17-19-41(27-38)35(46)48-36(2,3)4)43(34(40)45)24-29-12-14-32(47-6)15-13-29/h7-15,22-23H,16-21,24-27H2,1-6H3. The van der Waals surface area contributed by atoms with Crippen molar-refractivity contribution in [3.05, 3.63) is 93.9 Å². The molecule has 0 radical (unpaired) electrons. The average Bonchev–Trinajstić information content (AvgIpc) is 3.74. The van der Waals surface area contributed by atoms with Gasteiger partial charge in [-0.1, -0.05) is 49.4 Å². The molecule has 0 saturated carbocycles. The maximum Gasteiger partial charge on any atom is 0.410 e. The Labute approximate surface area is 283 Å². The van der Waals surface area contributed by atoms with Crippen LogP contribution >= 0.6 is 0 Å². The van der Waals surface area contributed by atoms with Gasteiger partial charge in [0.25, 0.3) is 5.56 Å². The van der Waals surface area contributed by atoms with Crippen LogP contribution in [0.5, 0.6) is 5.75 Å². The molecule has 3 aliphatic rings. The molecule has 2 unspecified atom stereocenters. The highest BCUT2D eigenvalue weighted by atomic mass is 16.6. The van der Waals surface area contributed by atoms with E-state index in [1.165, 1.54) is 5.56 Å². The molecule has 0 bridgehead atoms. The fraction of sp³-hybridized carbons (Fsp3) is 0.500. The molecule has 0 aliphatic carbocycles. The fourth-order valence-corrected chi connectivity index (χ4v) is 7.55. The number of anilines is 1. The molecule has 3 aromatic rings. The van der Waals surface area contributed by atoms with Crippen LogP contribution in [-0.4, -0.2) is 88.9 Å². The fourth-order valence-electron chi connectivity index (χ4n) is 7.55. The molecule has 2 atom stereocenters. The number of urea groups is 1. The smallest absolute Gasteiger partial charge is 0.410 e. The number of hydrogen-bond acceptors (Lipinski definition) is 6. The minimum Gasteiger partial charge on any atom is -0.497 e. The zero-order valence-electron chi connectivity index (χ0n) is 29.2. The van der Waals surface area contributed by atoms with Crippen molar-refractivity contribution in [1.82, 2.24) is 19.3 Å². The second-order valence-electron chi connectivity index (χ2n) is 15.0. The van der Waals surface area contributed by atoms with Crippen molar-refractivity contribution in [2.75, 3.05) is 51.3 Å². The summed E-state index contributed by atoms with van der Waals surface area (Å²) in [5.74, 6) is 0.751. The summed E-state index contributed by atoms with van der Waals surface area (Å²) in [6.45, 7) is 14.2. The zero-order chi connectivity index (χ0) is 34.3.